The minimum atomic E-state index is -1.34. The first kappa shape index (κ1) is 26.6. The SMILES string of the molecule is CC(=O)N1CSCC1C(=O)NC(CNC(=O)N1CCC2(CC1)C(=O)N(C)CN2c1ccccc1)C(=O)O. The maximum Gasteiger partial charge on any atom is 0.328 e. The third kappa shape index (κ3) is 5.31. The molecular formula is C24H32N6O6S. The van der Waals surface area contributed by atoms with Crippen LogP contribution in [0.2, 0.25) is 0 Å². The van der Waals surface area contributed by atoms with Crippen LogP contribution in [0.15, 0.2) is 30.3 Å². The number of thioether (sulfide) groups is 1. The molecule has 0 bridgehead atoms. The predicted molar refractivity (Wildman–Crippen MR) is 137 cm³/mol. The fourth-order valence-corrected chi connectivity index (χ4v) is 6.34. The molecule has 3 aliphatic rings. The number of para-hydroxylation sites is 1. The number of likely N-dealkylation sites (N-methyl/N-ethyl adjacent to an activating group) is 1. The summed E-state index contributed by atoms with van der Waals surface area (Å²) in [5.41, 5.74) is 0.217. The highest BCUT2D eigenvalue weighted by Gasteiger charge is 2.53. The Balaban J connectivity index is 1.34. The zero-order chi connectivity index (χ0) is 26.7. The fraction of sp³-hybridized carbons (Fsp3) is 0.542. The highest BCUT2D eigenvalue weighted by Crippen LogP contribution is 2.38. The third-order valence-electron chi connectivity index (χ3n) is 7.22. The van der Waals surface area contributed by atoms with Crippen molar-refractivity contribution in [2.45, 2.75) is 37.4 Å². The van der Waals surface area contributed by atoms with E-state index in [0.29, 0.717) is 44.2 Å². The van der Waals surface area contributed by atoms with Crippen LogP contribution in [0.4, 0.5) is 10.5 Å². The van der Waals surface area contributed by atoms with E-state index < -0.39 is 35.5 Å². The molecule has 0 aliphatic carbocycles. The number of carbonyl (C=O) groups is 5. The lowest BCUT2D eigenvalue weighted by Crippen LogP contribution is -2.59. The number of carboxylic acid groups (broad SMARTS) is 1. The van der Waals surface area contributed by atoms with E-state index in [9.17, 15) is 29.1 Å². The molecule has 2 unspecified atom stereocenters. The number of amides is 5. The van der Waals surface area contributed by atoms with Gasteiger partial charge in [0.2, 0.25) is 17.7 Å². The summed E-state index contributed by atoms with van der Waals surface area (Å²) in [7, 11) is 1.77. The zero-order valence-corrected chi connectivity index (χ0v) is 21.7. The first-order valence-electron chi connectivity index (χ1n) is 12.1. The van der Waals surface area contributed by atoms with Crippen LogP contribution >= 0.6 is 11.8 Å². The molecule has 37 heavy (non-hydrogen) atoms. The number of likely N-dealkylation sites (tertiary alicyclic amines) is 1. The lowest BCUT2D eigenvalue weighted by molar-refractivity contribution is -0.143. The van der Waals surface area contributed by atoms with E-state index in [0.717, 1.165) is 5.69 Å². The van der Waals surface area contributed by atoms with Gasteiger partial charge in [0.25, 0.3) is 0 Å². The molecule has 0 saturated carbocycles. The summed E-state index contributed by atoms with van der Waals surface area (Å²) in [5, 5.41) is 14.6. The number of aliphatic carboxylic acids is 1. The molecule has 1 spiro atoms. The van der Waals surface area contributed by atoms with E-state index in [1.54, 1.807) is 16.8 Å². The van der Waals surface area contributed by atoms with Crippen molar-refractivity contribution in [3.05, 3.63) is 30.3 Å². The molecular weight excluding hydrogens is 500 g/mol. The Bertz CT molecular complexity index is 1060. The number of anilines is 1. The van der Waals surface area contributed by atoms with Crippen LogP contribution in [0.3, 0.4) is 0 Å². The van der Waals surface area contributed by atoms with Crippen molar-refractivity contribution in [1.82, 2.24) is 25.3 Å². The standard InChI is InChI=1S/C24H32N6O6S/c1-16(31)29-15-37-13-19(29)20(32)26-18(21(33)34)12-25-23(36)28-10-8-24(9-11-28)22(35)27(2)14-30(24)17-6-4-3-5-7-17/h3-7,18-19H,8-15H2,1-2H3,(H,25,36)(H,26,32)(H,33,34). The molecule has 200 valence electrons. The number of hydrogen-bond acceptors (Lipinski definition) is 7. The number of nitrogens with one attached hydrogen (secondary N) is 2. The molecule has 4 rings (SSSR count). The molecule has 0 aromatic heterocycles. The van der Waals surface area contributed by atoms with Gasteiger partial charge in [-0.3, -0.25) is 14.4 Å². The fourth-order valence-electron chi connectivity index (χ4n) is 5.12. The van der Waals surface area contributed by atoms with Gasteiger partial charge < -0.3 is 35.3 Å². The van der Waals surface area contributed by atoms with Crippen LogP contribution in [0, 0.1) is 0 Å². The van der Waals surface area contributed by atoms with Crippen LogP contribution < -0.4 is 15.5 Å². The smallest absolute Gasteiger partial charge is 0.328 e. The third-order valence-corrected chi connectivity index (χ3v) is 8.23. The van der Waals surface area contributed by atoms with Gasteiger partial charge in [-0.25, -0.2) is 9.59 Å². The van der Waals surface area contributed by atoms with Gasteiger partial charge >= 0.3 is 12.0 Å². The summed E-state index contributed by atoms with van der Waals surface area (Å²) in [5.74, 6) is -1.33. The second kappa shape index (κ2) is 10.9. The topological polar surface area (TPSA) is 143 Å². The molecule has 0 radical (unpaired) electrons. The second-order valence-electron chi connectivity index (χ2n) is 9.52. The second-order valence-corrected chi connectivity index (χ2v) is 10.5. The van der Waals surface area contributed by atoms with Gasteiger partial charge in [-0.1, -0.05) is 18.2 Å². The van der Waals surface area contributed by atoms with Crippen molar-refractivity contribution < 1.29 is 29.1 Å². The maximum atomic E-state index is 13.1. The van der Waals surface area contributed by atoms with E-state index in [2.05, 4.69) is 15.5 Å². The van der Waals surface area contributed by atoms with Crippen LogP contribution in [0.1, 0.15) is 19.8 Å². The Morgan fingerprint density at radius 2 is 1.84 bits per heavy atom. The Morgan fingerprint density at radius 1 is 1.16 bits per heavy atom. The average molecular weight is 533 g/mol. The Morgan fingerprint density at radius 3 is 2.46 bits per heavy atom. The Kier molecular flexibility index (Phi) is 7.81. The molecule has 13 heteroatoms. The molecule has 1 aromatic carbocycles. The predicted octanol–water partition coefficient (Wildman–Crippen LogP) is -0.0425. The summed E-state index contributed by atoms with van der Waals surface area (Å²) >= 11 is 1.42. The maximum absolute atomic E-state index is 13.1. The lowest BCUT2D eigenvalue weighted by Gasteiger charge is -2.43. The molecule has 2 atom stereocenters. The van der Waals surface area contributed by atoms with Crippen molar-refractivity contribution >= 4 is 47.2 Å². The van der Waals surface area contributed by atoms with Gasteiger partial charge in [0.05, 0.1) is 19.1 Å². The van der Waals surface area contributed by atoms with Gasteiger partial charge in [-0.15, -0.1) is 11.8 Å². The van der Waals surface area contributed by atoms with Gasteiger partial charge in [-0.05, 0) is 25.0 Å². The lowest BCUT2D eigenvalue weighted by atomic mass is 9.85. The Labute approximate surface area is 219 Å². The number of benzene rings is 1. The van der Waals surface area contributed by atoms with Crippen LogP contribution in [0.25, 0.3) is 0 Å². The van der Waals surface area contributed by atoms with Crippen molar-refractivity contribution in [1.29, 1.82) is 0 Å². The monoisotopic (exact) mass is 532 g/mol. The average Bonchev–Trinajstić information content (AvgIpc) is 3.47. The summed E-state index contributed by atoms with van der Waals surface area (Å²) in [6, 6.07) is 7.16. The summed E-state index contributed by atoms with van der Waals surface area (Å²) in [6.07, 6.45) is 0.885. The van der Waals surface area contributed by atoms with Crippen LogP contribution in [-0.2, 0) is 19.2 Å². The summed E-state index contributed by atoms with van der Waals surface area (Å²) in [4.78, 5) is 68.8. The van der Waals surface area contributed by atoms with Gasteiger partial charge in [0.1, 0.15) is 17.6 Å². The first-order valence-corrected chi connectivity index (χ1v) is 13.3. The van der Waals surface area contributed by atoms with E-state index in [1.165, 1.54) is 23.6 Å². The molecule has 5 amide bonds. The molecule has 3 heterocycles. The largest absolute Gasteiger partial charge is 0.480 e. The minimum Gasteiger partial charge on any atom is -0.480 e. The van der Waals surface area contributed by atoms with Crippen molar-refractivity contribution in [3.63, 3.8) is 0 Å². The first-order chi connectivity index (χ1) is 17.6. The number of carboxylic acids is 1. The van der Waals surface area contributed by atoms with Crippen LogP contribution in [0.5, 0.6) is 0 Å². The zero-order valence-electron chi connectivity index (χ0n) is 20.9. The van der Waals surface area contributed by atoms with E-state index in [4.69, 9.17) is 0 Å². The molecule has 12 nitrogen and oxygen atoms in total. The van der Waals surface area contributed by atoms with Crippen molar-refractivity contribution in [2.75, 3.05) is 49.9 Å². The van der Waals surface area contributed by atoms with E-state index in [-0.39, 0.29) is 18.4 Å². The Hall–Kier alpha value is -3.48. The van der Waals surface area contributed by atoms with Gasteiger partial charge in [-0.2, -0.15) is 0 Å². The minimum absolute atomic E-state index is 0.0229. The van der Waals surface area contributed by atoms with E-state index in [1.807, 2.05) is 30.3 Å². The van der Waals surface area contributed by atoms with Crippen molar-refractivity contribution in [3.8, 4) is 0 Å². The van der Waals surface area contributed by atoms with Gasteiger partial charge in [0, 0.05) is 38.5 Å². The molecule has 3 N–H and O–H groups in total. The highest BCUT2D eigenvalue weighted by molar-refractivity contribution is 7.99. The normalized spacial score (nSPS) is 21.8. The molecule has 3 saturated heterocycles. The summed E-state index contributed by atoms with van der Waals surface area (Å²) in [6.45, 7) is 2.17. The molecule has 3 fully saturated rings. The number of piperidine rings is 1. The van der Waals surface area contributed by atoms with Gasteiger partial charge in [0.15, 0.2) is 0 Å². The quantitative estimate of drug-likeness (QED) is 0.463. The van der Waals surface area contributed by atoms with E-state index >= 15 is 0 Å². The molecule has 3 aliphatic heterocycles. The number of rotatable bonds is 6. The summed E-state index contributed by atoms with van der Waals surface area (Å²) < 4.78 is 0. The number of hydrogen-bond donors (Lipinski definition) is 3. The number of urea groups is 1. The number of carbonyl (C=O) groups excluding carboxylic acids is 4. The molecule has 1 aromatic rings. The van der Waals surface area contributed by atoms with Crippen molar-refractivity contribution in [2.24, 2.45) is 0 Å². The number of nitrogens with zero attached hydrogens (tertiary/aromatic N) is 4. The van der Waals surface area contributed by atoms with Crippen LogP contribution in [-0.4, -0.2) is 112 Å². The highest BCUT2D eigenvalue weighted by atomic mass is 32.2.